The molecule has 0 radical (unpaired) electrons. The first kappa shape index (κ1) is 25.2. The van der Waals surface area contributed by atoms with Gasteiger partial charge < -0.3 is 9.13 Å². The summed E-state index contributed by atoms with van der Waals surface area (Å²) in [6, 6.07) is 62.0. The molecular weight excluding hydrogens is 556 g/mol. The monoisotopic (exact) mass is 584 g/mol. The quantitative estimate of drug-likeness (QED) is 0.195. The molecule has 0 aliphatic rings. The highest BCUT2D eigenvalue weighted by Gasteiger charge is 2.25. The first-order valence-corrected chi connectivity index (χ1v) is 15.9. The maximum Gasteiger partial charge on any atom is 0.0647 e. The van der Waals surface area contributed by atoms with Crippen molar-refractivity contribution in [2.45, 2.75) is 0 Å². The number of nitrogens with zero attached hydrogens (tertiary/aromatic N) is 2. The van der Waals surface area contributed by atoms with Crippen LogP contribution in [0.2, 0.25) is 0 Å². The molecule has 10 rings (SSSR count). The van der Waals surface area contributed by atoms with Crippen molar-refractivity contribution in [1.82, 2.24) is 9.13 Å². The fourth-order valence-corrected chi connectivity index (χ4v) is 7.69. The lowest BCUT2D eigenvalue weighted by molar-refractivity contribution is 1.18. The minimum Gasteiger partial charge on any atom is -0.309 e. The van der Waals surface area contributed by atoms with Crippen LogP contribution in [0.4, 0.5) is 0 Å². The van der Waals surface area contributed by atoms with Crippen molar-refractivity contribution in [3.05, 3.63) is 170 Å². The second-order valence-corrected chi connectivity index (χ2v) is 12.1. The van der Waals surface area contributed by atoms with Gasteiger partial charge in [-0.2, -0.15) is 0 Å². The van der Waals surface area contributed by atoms with E-state index in [1.165, 1.54) is 76.3 Å². The minimum absolute atomic E-state index is 1.16. The van der Waals surface area contributed by atoms with Crippen LogP contribution >= 0.6 is 0 Å². The third kappa shape index (κ3) is 3.53. The van der Waals surface area contributed by atoms with Crippen molar-refractivity contribution < 1.29 is 0 Å². The van der Waals surface area contributed by atoms with Gasteiger partial charge in [0, 0.05) is 38.3 Å². The number of benzene rings is 8. The number of hydrogen-bond acceptors (Lipinski definition) is 0. The number of fused-ring (bicyclic) bond motifs is 10. The average Bonchev–Trinajstić information content (AvgIpc) is 3.65. The summed E-state index contributed by atoms with van der Waals surface area (Å²) in [4.78, 5) is 0. The second-order valence-electron chi connectivity index (χ2n) is 12.1. The molecule has 0 amide bonds. The molecule has 2 heteroatoms. The van der Waals surface area contributed by atoms with Crippen molar-refractivity contribution in [1.29, 1.82) is 0 Å². The first-order valence-electron chi connectivity index (χ1n) is 15.9. The van der Waals surface area contributed by atoms with Gasteiger partial charge in [0.05, 0.1) is 22.1 Å². The molecule has 214 valence electrons. The molecule has 0 N–H and O–H groups in total. The van der Waals surface area contributed by atoms with E-state index in [1.807, 2.05) is 0 Å². The number of para-hydroxylation sites is 3. The van der Waals surface area contributed by atoms with Crippen molar-refractivity contribution in [2.75, 3.05) is 0 Å². The summed E-state index contributed by atoms with van der Waals surface area (Å²) in [7, 11) is 0. The van der Waals surface area contributed by atoms with Crippen LogP contribution in [0.3, 0.4) is 0 Å². The van der Waals surface area contributed by atoms with E-state index in [-0.39, 0.29) is 0 Å². The standard InChI is InChI=1S/C44H28N2/c1-3-16-33(17-4-1)45-39-22-12-11-21-36(39)41-38(32-24-23-29-13-7-8-15-31(29)27-32)28-40-42(44(41)45)37-26-25-30-14-9-10-20-35(30)43(37)46(40)34-18-5-2-6-19-34/h1-28H. The minimum atomic E-state index is 1.16. The second kappa shape index (κ2) is 9.69. The topological polar surface area (TPSA) is 9.86 Å². The smallest absolute Gasteiger partial charge is 0.0647 e. The van der Waals surface area contributed by atoms with Crippen LogP contribution in [0.25, 0.3) is 87.7 Å². The van der Waals surface area contributed by atoms with Crippen molar-refractivity contribution in [3.8, 4) is 22.5 Å². The van der Waals surface area contributed by atoms with Crippen LogP contribution in [-0.4, -0.2) is 9.13 Å². The van der Waals surface area contributed by atoms with Gasteiger partial charge in [-0.25, -0.2) is 0 Å². The van der Waals surface area contributed by atoms with Gasteiger partial charge in [0.2, 0.25) is 0 Å². The maximum absolute atomic E-state index is 2.49. The van der Waals surface area contributed by atoms with Crippen LogP contribution in [0, 0.1) is 0 Å². The molecule has 0 atom stereocenters. The van der Waals surface area contributed by atoms with Crippen molar-refractivity contribution >= 4 is 65.2 Å². The summed E-state index contributed by atoms with van der Waals surface area (Å²) < 4.78 is 4.98. The summed E-state index contributed by atoms with van der Waals surface area (Å²) in [5.41, 5.74) is 9.66. The fraction of sp³-hybridized carbons (Fsp3) is 0. The van der Waals surface area contributed by atoms with Gasteiger partial charge in [0.25, 0.3) is 0 Å². The molecule has 0 saturated carbocycles. The lowest BCUT2D eigenvalue weighted by Crippen LogP contribution is -1.96. The lowest BCUT2D eigenvalue weighted by atomic mass is 9.95. The van der Waals surface area contributed by atoms with E-state index in [0.717, 1.165) is 11.4 Å². The molecule has 0 unspecified atom stereocenters. The first-order chi connectivity index (χ1) is 22.8. The van der Waals surface area contributed by atoms with E-state index >= 15 is 0 Å². The van der Waals surface area contributed by atoms with Gasteiger partial charge in [-0.05, 0) is 69.8 Å². The highest BCUT2D eigenvalue weighted by molar-refractivity contribution is 6.32. The third-order valence-corrected chi connectivity index (χ3v) is 9.64. The Hall–Kier alpha value is -6.12. The zero-order chi connectivity index (χ0) is 30.2. The van der Waals surface area contributed by atoms with E-state index in [1.54, 1.807) is 0 Å². The van der Waals surface area contributed by atoms with Crippen molar-refractivity contribution in [3.63, 3.8) is 0 Å². The lowest BCUT2D eigenvalue weighted by Gasteiger charge is -2.13. The molecule has 0 bridgehead atoms. The molecule has 2 heterocycles. The Morgan fingerprint density at radius 3 is 1.67 bits per heavy atom. The SMILES string of the molecule is c1ccc(-n2c3cc(-c4ccc5ccccc5c4)c4c5ccccc5n(-c5ccccc5)c4c3c3ccc4ccccc4c32)cc1. The summed E-state index contributed by atoms with van der Waals surface area (Å²) in [5, 5.41) is 10.1. The Balaban J connectivity index is 1.51. The number of rotatable bonds is 3. The molecule has 0 saturated heterocycles. The van der Waals surface area contributed by atoms with Crippen molar-refractivity contribution in [2.24, 2.45) is 0 Å². The van der Waals surface area contributed by atoms with E-state index in [0.29, 0.717) is 0 Å². The zero-order valence-corrected chi connectivity index (χ0v) is 25.1. The summed E-state index contributed by atoms with van der Waals surface area (Å²) >= 11 is 0. The van der Waals surface area contributed by atoms with E-state index < -0.39 is 0 Å². The Labute approximate surface area is 266 Å². The molecule has 0 spiro atoms. The fourth-order valence-electron chi connectivity index (χ4n) is 7.69. The molecule has 10 aromatic rings. The Morgan fingerprint density at radius 1 is 0.326 bits per heavy atom. The maximum atomic E-state index is 2.49. The normalized spacial score (nSPS) is 11.9. The molecule has 2 aromatic heterocycles. The van der Waals surface area contributed by atoms with Gasteiger partial charge in [-0.3, -0.25) is 0 Å². The van der Waals surface area contributed by atoms with Crippen LogP contribution in [0.1, 0.15) is 0 Å². The molecule has 8 aromatic carbocycles. The van der Waals surface area contributed by atoms with Crippen LogP contribution in [0.15, 0.2) is 170 Å². The Bertz CT molecular complexity index is 2780. The molecule has 0 fully saturated rings. The number of aromatic nitrogens is 2. The summed E-state index contributed by atoms with van der Waals surface area (Å²) in [6.45, 7) is 0. The molecular formula is C44H28N2. The Kier molecular flexibility index (Phi) is 5.31. The highest BCUT2D eigenvalue weighted by atomic mass is 15.0. The molecule has 0 aliphatic heterocycles. The van der Waals surface area contributed by atoms with Gasteiger partial charge in [-0.1, -0.05) is 127 Å². The van der Waals surface area contributed by atoms with Gasteiger partial charge in [-0.15, -0.1) is 0 Å². The molecule has 0 aliphatic carbocycles. The summed E-state index contributed by atoms with van der Waals surface area (Å²) in [6.07, 6.45) is 0. The molecule has 2 nitrogen and oxygen atoms in total. The predicted octanol–water partition coefficient (Wildman–Crippen LogP) is 11.9. The highest BCUT2D eigenvalue weighted by Crippen LogP contribution is 2.47. The van der Waals surface area contributed by atoms with Gasteiger partial charge in [0.1, 0.15) is 0 Å². The van der Waals surface area contributed by atoms with Gasteiger partial charge >= 0.3 is 0 Å². The van der Waals surface area contributed by atoms with E-state index in [9.17, 15) is 0 Å². The van der Waals surface area contributed by atoms with Gasteiger partial charge in [0.15, 0.2) is 0 Å². The van der Waals surface area contributed by atoms with Crippen LogP contribution in [-0.2, 0) is 0 Å². The predicted molar refractivity (Wildman–Crippen MR) is 196 cm³/mol. The van der Waals surface area contributed by atoms with Crippen LogP contribution < -0.4 is 0 Å². The number of hydrogen-bond donors (Lipinski definition) is 0. The summed E-state index contributed by atoms with van der Waals surface area (Å²) in [5.74, 6) is 0. The Morgan fingerprint density at radius 2 is 0.913 bits per heavy atom. The van der Waals surface area contributed by atoms with E-state index in [4.69, 9.17) is 0 Å². The third-order valence-electron chi connectivity index (χ3n) is 9.64. The van der Waals surface area contributed by atoms with E-state index in [2.05, 4.69) is 179 Å². The largest absolute Gasteiger partial charge is 0.309 e. The van der Waals surface area contributed by atoms with Crippen LogP contribution in [0.5, 0.6) is 0 Å². The zero-order valence-electron chi connectivity index (χ0n) is 25.1. The average molecular weight is 585 g/mol. The molecule has 46 heavy (non-hydrogen) atoms.